The molecule has 2 aromatic heterocycles. The van der Waals surface area contributed by atoms with Crippen LogP contribution in [0.2, 0.25) is 0 Å². The van der Waals surface area contributed by atoms with E-state index in [1.165, 1.54) is 22.5 Å². The third kappa shape index (κ3) is 3.81. The molecule has 1 aliphatic heterocycles. The number of anilines is 1. The molecule has 2 aliphatic rings. The van der Waals surface area contributed by atoms with Crippen molar-refractivity contribution in [1.82, 2.24) is 19.5 Å². The standard InChI is InChI=1S/C21H22FN5O3S/c1-14-13-16(6-7-18(14)22)31(28,29)27-11-9-26(10-12-27)19-17(3-2-8-23-19)21-25-24-20(30-21)15-4-5-15/h2-3,6-8,13,15H,4-5,9-12H2,1H3. The molecule has 3 heterocycles. The topological polar surface area (TPSA) is 92.4 Å². The minimum Gasteiger partial charge on any atom is -0.420 e. The number of hydrogen-bond donors (Lipinski definition) is 0. The number of aryl methyl sites for hydroxylation is 1. The van der Waals surface area contributed by atoms with Gasteiger partial charge in [0.25, 0.3) is 5.89 Å². The van der Waals surface area contributed by atoms with Crippen molar-refractivity contribution in [2.75, 3.05) is 31.1 Å². The molecule has 2 fully saturated rings. The minimum absolute atomic E-state index is 0.108. The van der Waals surface area contributed by atoms with E-state index in [9.17, 15) is 12.8 Å². The summed E-state index contributed by atoms with van der Waals surface area (Å²) < 4.78 is 46.8. The summed E-state index contributed by atoms with van der Waals surface area (Å²) in [5.41, 5.74) is 1.05. The van der Waals surface area contributed by atoms with Crippen LogP contribution in [0.5, 0.6) is 0 Å². The second-order valence-corrected chi connectivity index (χ2v) is 9.83. The Bertz CT molecular complexity index is 1220. The predicted octanol–water partition coefficient (Wildman–Crippen LogP) is 2.97. The molecule has 5 rings (SSSR count). The predicted molar refractivity (Wildman–Crippen MR) is 112 cm³/mol. The highest BCUT2D eigenvalue weighted by Crippen LogP contribution is 2.40. The molecule has 162 valence electrons. The van der Waals surface area contributed by atoms with E-state index in [1.807, 2.05) is 17.0 Å². The van der Waals surface area contributed by atoms with Crippen LogP contribution < -0.4 is 4.90 Å². The molecule has 0 bridgehead atoms. The lowest BCUT2D eigenvalue weighted by atomic mass is 10.2. The summed E-state index contributed by atoms with van der Waals surface area (Å²) in [4.78, 5) is 6.64. The lowest BCUT2D eigenvalue weighted by molar-refractivity contribution is 0.383. The van der Waals surface area contributed by atoms with E-state index in [0.29, 0.717) is 55.3 Å². The average molecular weight is 444 g/mol. The van der Waals surface area contributed by atoms with Gasteiger partial charge >= 0.3 is 0 Å². The zero-order valence-electron chi connectivity index (χ0n) is 17.0. The maximum atomic E-state index is 13.6. The first-order valence-electron chi connectivity index (χ1n) is 10.2. The van der Waals surface area contributed by atoms with E-state index in [4.69, 9.17) is 4.42 Å². The Morgan fingerprint density at radius 3 is 2.58 bits per heavy atom. The van der Waals surface area contributed by atoms with Crippen molar-refractivity contribution in [3.05, 3.63) is 53.8 Å². The van der Waals surface area contributed by atoms with Gasteiger partial charge in [-0.15, -0.1) is 10.2 Å². The highest BCUT2D eigenvalue weighted by atomic mass is 32.2. The van der Waals surface area contributed by atoms with Gasteiger partial charge in [0.1, 0.15) is 11.6 Å². The molecular formula is C21H22FN5O3S. The zero-order chi connectivity index (χ0) is 21.6. The smallest absolute Gasteiger partial charge is 0.251 e. The van der Waals surface area contributed by atoms with E-state index in [-0.39, 0.29) is 4.90 Å². The normalized spacial score (nSPS) is 17.8. The Hall–Kier alpha value is -2.85. The van der Waals surface area contributed by atoms with Gasteiger partial charge in [0.05, 0.1) is 10.5 Å². The molecule has 1 aliphatic carbocycles. The maximum absolute atomic E-state index is 13.6. The first-order chi connectivity index (χ1) is 14.9. The maximum Gasteiger partial charge on any atom is 0.251 e. The van der Waals surface area contributed by atoms with Gasteiger partial charge in [0, 0.05) is 38.3 Å². The molecular weight excluding hydrogens is 421 g/mol. The zero-order valence-corrected chi connectivity index (χ0v) is 17.8. The summed E-state index contributed by atoms with van der Waals surface area (Å²) in [6, 6.07) is 7.59. The van der Waals surface area contributed by atoms with Gasteiger partial charge in [-0.05, 0) is 55.7 Å². The number of hydrogen-bond acceptors (Lipinski definition) is 7. The third-order valence-electron chi connectivity index (χ3n) is 5.69. The number of piperazine rings is 1. The second-order valence-electron chi connectivity index (χ2n) is 7.90. The van der Waals surface area contributed by atoms with Crippen molar-refractivity contribution in [2.24, 2.45) is 0 Å². The lowest BCUT2D eigenvalue weighted by Crippen LogP contribution is -2.49. The summed E-state index contributed by atoms with van der Waals surface area (Å²) in [6.07, 6.45) is 3.85. The Morgan fingerprint density at radius 1 is 1.10 bits per heavy atom. The molecule has 0 atom stereocenters. The Morgan fingerprint density at radius 2 is 1.87 bits per heavy atom. The fourth-order valence-corrected chi connectivity index (χ4v) is 5.23. The van der Waals surface area contributed by atoms with Crippen LogP contribution in [0.4, 0.5) is 10.2 Å². The molecule has 8 nitrogen and oxygen atoms in total. The number of rotatable bonds is 5. The summed E-state index contributed by atoms with van der Waals surface area (Å²) in [5, 5.41) is 8.35. The quantitative estimate of drug-likeness (QED) is 0.599. The van der Waals surface area contributed by atoms with Crippen LogP contribution in [-0.2, 0) is 10.0 Å². The summed E-state index contributed by atoms with van der Waals surface area (Å²) in [5.74, 6) is 1.74. The van der Waals surface area contributed by atoms with Gasteiger partial charge in [-0.3, -0.25) is 0 Å². The van der Waals surface area contributed by atoms with Crippen LogP contribution in [0.25, 0.3) is 11.5 Å². The van der Waals surface area contributed by atoms with Gasteiger partial charge in [-0.2, -0.15) is 4.31 Å². The molecule has 0 radical (unpaired) electrons. The Balaban J connectivity index is 1.34. The van der Waals surface area contributed by atoms with Crippen LogP contribution in [0.3, 0.4) is 0 Å². The number of aromatic nitrogens is 3. The largest absolute Gasteiger partial charge is 0.420 e. The van der Waals surface area contributed by atoms with Gasteiger partial charge in [-0.25, -0.2) is 17.8 Å². The summed E-state index contributed by atoms with van der Waals surface area (Å²) >= 11 is 0. The third-order valence-corrected chi connectivity index (χ3v) is 7.58. The molecule has 0 amide bonds. The number of halogens is 1. The first kappa shape index (κ1) is 20.1. The van der Waals surface area contributed by atoms with Gasteiger partial charge in [-0.1, -0.05) is 0 Å². The summed E-state index contributed by atoms with van der Waals surface area (Å²) in [7, 11) is -3.69. The highest BCUT2D eigenvalue weighted by Gasteiger charge is 2.32. The number of nitrogens with zero attached hydrogens (tertiary/aromatic N) is 5. The van der Waals surface area contributed by atoms with Crippen molar-refractivity contribution in [1.29, 1.82) is 0 Å². The fraction of sp³-hybridized carbons (Fsp3) is 0.381. The van der Waals surface area contributed by atoms with Crippen molar-refractivity contribution < 1.29 is 17.2 Å². The van der Waals surface area contributed by atoms with Crippen molar-refractivity contribution >= 4 is 15.8 Å². The van der Waals surface area contributed by atoms with E-state index in [2.05, 4.69) is 15.2 Å². The van der Waals surface area contributed by atoms with Crippen LogP contribution in [-0.4, -0.2) is 54.1 Å². The Kier molecular flexibility index (Phi) is 4.98. The second kappa shape index (κ2) is 7.69. The average Bonchev–Trinajstić information content (AvgIpc) is 3.52. The fourth-order valence-electron chi connectivity index (χ4n) is 3.72. The van der Waals surface area contributed by atoms with Crippen molar-refractivity contribution in [3.8, 4) is 11.5 Å². The SMILES string of the molecule is Cc1cc(S(=O)(=O)N2CCN(c3ncccc3-c3nnc(C4CC4)o3)CC2)ccc1F. The van der Waals surface area contributed by atoms with E-state index < -0.39 is 15.8 Å². The molecule has 0 unspecified atom stereocenters. The lowest BCUT2D eigenvalue weighted by Gasteiger charge is -2.35. The van der Waals surface area contributed by atoms with Crippen molar-refractivity contribution in [2.45, 2.75) is 30.6 Å². The molecule has 10 heteroatoms. The first-order valence-corrected chi connectivity index (χ1v) is 11.7. The van der Waals surface area contributed by atoms with Crippen LogP contribution in [0.15, 0.2) is 45.8 Å². The van der Waals surface area contributed by atoms with Gasteiger partial charge in [0.15, 0.2) is 0 Å². The molecule has 31 heavy (non-hydrogen) atoms. The van der Waals surface area contributed by atoms with Gasteiger partial charge in [0.2, 0.25) is 15.9 Å². The van der Waals surface area contributed by atoms with E-state index in [1.54, 1.807) is 13.1 Å². The van der Waals surface area contributed by atoms with Crippen molar-refractivity contribution in [3.63, 3.8) is 0 Å². The highest BCUT2D eigenvalue weighted by molar-refractivity contribution is 7.89. The Labute approximate surface area is 179 Å². The molecule has 0 N–H and O–H groups in total. The molecule has 3 aromatic rings. The number of benzene rings is 1. The van der Waals surface area contributed by atoms with Crippen LogP contribution in [0.1, 0.15) is 30.2 Å². The number of sulfonamides is 1. The van der Waals surface area contributed by atoms with E-state index in [0.717, 1.165) is 18.4 Å². The molecule has 0 spiro atoms. The molecule has 1 aromatic carbocycles. The van der Waals surface area contributed by atoms with Crippen LogP contribution >= 0.6 is 0 Å². The summed E-state index contributed by atoms with van der Waals surface area (Å²) in [6.45, 7) is 3.08. The minimum atomic E-state index is -3.69. The van der Waals surface area contributed by atoms with Gasteiger partial charge < -0.3 is 9.32 Å². The number of pyridine rings is 1. The molecule has 1 saturated carbocycles. The monoisotopic (exact) mass is 443 g/mol. The molecule has 1 saturated heterocycles. The van der Waals surface area contributed by atoms with Crippen LogP contribution in [0, 0.1) is 12.7 Å². The van der Waals surface area contributed by atoms with E-state index >= 15 is 0 Å².